The molecule has 3 fully saturated rings. The molecule has 0 bridgehead atoms. The molecule has 0 radical (unpaired) electrons. The maximum Gasteiger partial charge on any atom is 0.242 e. The van der Waals surface area contributed by atoms with Gasteiger partial charge in [-0.25, -0.2) is 0 Å². The zero-order chi connectivity index (χ0) is 12.6. The lowest BCUT2D eigenvalue weighted by Crippen LogP contribution is -2.60. The molecule has 2 aliphatic heterocycles. The van der Waals surface area contributed by atoms with E-state index in [0.29, 0.717) is 18.4 Å². The number of carbonyl (C=O) groups excluding carboxylic acids is 2. The molecule has 5 heteroatoms. The van der Waals surface area contributed by atoms with Crippen molar-refractivity contribution in [2.45, 2.75) is 62.6 Å². The van der Waals surface area contributed by atoms with Gasteiger partial charge in [0.25, 0.3) is 0 Å². The summed E-state index contributed by atoms with van der Waals surface area (Å²) in [5, 5.41) is 9.43. The van der Waals surface area contributed by atoms with Gasteiger partial charge in [-0.15, -0.1) is 0 Å². The molecule has 2 saturated heterocycles. The van der Waals surface area contributed by atoms with E-state index in [2.05, 4.69) is 16.0 Å². The van der Waals surface area contributed by atoms with Crippen LogP contribution in [0, 0.1) is 0 Å². The van der Waals surface area contributed by atoms with Crippen LogP contribution < -0.4 is 16.0 Å². The van der Waals surface area contributed by atoms with E-state index < -0.39 is 0 Å². The minimum atomic E-state index is -0.301. The van der Waals surface area contributed by atoms with E-state index in [9.17, 15) is 9.59 Å². The molecular weight excluding hydrogens is 230 g/mol. The van der Waals surface area contributed by atoms with E-state index in [4.69, 9.17) is 0 Å². The first-order valence-corrected chi connectivity index (χ1v) is 7.02. The Balaban J connectivity index is 1.52. The van der Waals surface area contributed by atoms with Crippen LogP contribution in [0.1, 0.15) is 44.9 Å². The lowest BCUT2D eigenvalue weighted by molar-refractivity contribution is -0.126. The summed E-state index contributed by atoms with van der Waals surface area (Å²) in [6.45, 7) is 0.988. The Bertz CT molecular complexity index is 365. The molecule has 1 aliphatic carbocycles. The smallest absolute Gasteiger partial charge is 0.242 e. The molecule has 0 aromatic rings. The molecule has 2 atom stereocenters. The van der Waals surface area contributed by atoms with E-state index in [1.54, 1.807) is 0 Å². The van der Waals surface area contributed by atoms with Crippen LogP contribution in [0.25, 0.3) is 0 Å². The lowest BCUT2D eigenvalue weighted by Gasteiger charge is -2.48. The average molecular weight is 251 g/mol. The Kier molecular flexibility index (Phi) is 3.01. The van der Waals surface area contributed by atoms with Gasteiger partial charge in [0.15, 0.2) is 0 Å². The van der Waals surface area contributed by atoms with Crippen molar-refractivity contribution < 1.29 is 9.59 Å². The number of rotatable bonds is 2. The van der Waals surface area contributed by atoms with Crippen LogP contribution in [-0.4, -0.2) is 36.0 Å². The topological polar surface area (TPSA) is 70.2 Å². The van der Waals surface area contributed by atoms with E-state index in [0.717, 1.165) is 19.4 Å². The lowest BCUT2D eigenvalue weighted by atomic mass is 9.70. The van der Waals surface area contributed by atoms with Crippen LogP contribution in [-0.2, 0) is 9.59 Å². The van der Waals surface area contributed by atoms with Gasteiger partial charge in [0.05, 0.1) is 0 Å². The Labute approximate surface area is 107 Å². The summed E-state index contributed by atoms with van der Waals surface area (Å²) >= 11 is 0. The van der Waals surface area contributed by atoms with Gasteiger partial charge in [0.1, 0.15) is 6.04 Å². The van der Waals surface area contributed by atoms with Crippen molar-refractivity contribution in [2.75, 3.05) is 6.54 Å². The zero-order valence-corrected chi connectivity index (χ0v) is 10.6. The molecule has 2 amide bonds. The number of carbonyl (C=O) groups is 2. The highest BCUT2D eigenvalue weighted by atomic mass is 16.2. The van der Waals surface area contributed by atoms with Gasteiger partial charge < -0.3 is 16.0 Å². The Morgan fingerprint density at radius 2 is 2.17 bits per heavy atom. The Hall–Kier alpha value is -1.10. The summed E-state index contributed by atoms with van der Waals surface area (Å²) in [5.41, 5.74) is 0.301. The van der Waals surface area contributed by atoms with Gasteiger partial charge in [0, 0.05) is 18.0 Å². The normalized spacial score (nSPS) is 33.9. The van der Waals surface area contributed by atoms with Crippen LogP contribution in [0.2, 0.25) is 0 Å². The maximum atomic E-state index is 12.0. The summed E-state index contributed by atoms with van der Waals surface area (Å²) in [4.78, 5) is 23.1. The largest absolute Gasteiger partial charge is 0.351 e. The van der Waals surface area contributed by atoms with Crippen molar-refractivity contribution in [1.82, 2.24) is 16.0 Å². The summed E-state index contributed by atoms with van der Waals surface area (Å²) in [6.07, 6.45) is 6.92. The molecular formula is C13H21N3O2. The minimum absolute atomic E-state index is 0.00206. The van der Waals surface area contributed by atoms with Crippen molar-refractivity contribution in [1.29, 1.82) is 0 Å². The molecule has 1 saturated carbocycles. The molecule has 100 valence electrons. The van der Waals surface area contributed by atoms with Gasteiger partial charge in [-0.1, -0.05) is 0 Å². The van der Waals surface area contributed by atoms with E-state index in [1.165, 1.54) is 19.3 Å². The summed E-state index contributed by atoms with van der Waals surface area (Å²) < 4.78 is 0. The van der Waals surface area contributed by atoms with Crippen molar-refractivity contribution in [3.63, 3.8) is 0 Å². The highest BCUT2D eigenvalue weighted by Crippen LogP contribution is 2.38. The first-order chi connectivity index (χ1) is 8.67. The second-order valence-electron chi connectivity index (χ2n) is 5.92. The van der Waals surface area contributed by atoms with E-state index >= 15 is 0 Å². The third-order valence-electron chi connectivity index (χ3n) is 4.60. The van der Waals surface area contributed by atoms with Gasteiger partial charge in [0.2, 0.25) is 11.8 Å². The molecule has 5 nitrogen and oxygen atoms in total. The maximum absolute atomic E-state index is 12.0. The molecule has 0 aromatic carbocycles. The molecule has 3 aliphatic rings. The van der Waals surface area contributed by atoms with Crippen LogP contribution >= 0.6 is 0 Å². The SMILES string of the molecule is O=C1CC[C@@H](C(=O)NC2CCNC3(CCC3)C2)N1. The second kappa shape index (κ2) is 4.53. The molecule has 1 unspecified atom stereocenters. The monoisotopic (exact) mass is 251 g/mol. The molecule has 3 N–H and O–H groups in total. The van der Waals surface area contributed by atoms with E-state index in [-0.39, 0.29) is 23.9 Å². The van der Waals surface area contributed by atoms with Crippen molar-refractivity contribution in [3.8, 4) is 0 Å². The number of hydrogen-bond acceptors (Lipinski definition) is 3. The fourth-order valence-corrected chi connectivity index (χ4v) is 3.38. The molecule has 18 heavy (non-hydrogen) atoms. The standard InChI is InChI=1S/C13H21N3O2/c17-11-3-2-10(16-11)12(18)15-9-4-7-14-13(8-9)5-1-6-13/h9-10,14H,1-8H2,(H,15,18)(H,16,17)/t9?,10-/m0/s1. The quantitative estimate of drug-likeness (QED) is 0.650. The van der Waals surface area contributed by atoms with Crippen LogP contribution in [0.15, 0.2) is 0 Å². The average Bonchev–Trinajstić information content (AvgIpc) is 2.74. The number of amides is 2. The summed E-state index contributed by atoms with van der Waals surface area (Å²) in [6, 6.07) is -0.0266. The number of nitrogens with one attached hydrogen (secondary N) is 3. The number of piperidine rings is 1. The fraction of sp³-hybridized carbons (Fsp3) is 0.846. The second-order valence-corrected chi connectivity index (χ2v) is 5.92. The first kappa shape index (κ1) is 12.0. The van der Waals surface area contributed by atoms with Crippen molar-refractivity contribution in [3.05, 3.63) is 0 Å². The first-order valence-electron chi connectivity index (χ1n) is 7.02. The third-order valence-corrected chi connectivity index (χ3v) is 4.60. The van der Waals surface area contributed by atoms with Gasteiger partial charge in [-0.2, -0.15) is 0 Å². The van der Waals surface area contributed by atoms with Crippen molar-refractivity contribution in [2.24, 2.45) is 0 Å². The number of hydrogen-bond donors (Lipinski definition) is 3. The van der Waals surface area contributed by atoms with Gasteiger partial charge >= 0.3 is 0 Å². The summed E-state index contributed by atoms with van der Waals surface area (Å²) in [5.74, 6) is -0.00172. The third kappa shape index (κ3) is 2.23. The Morgan fingerprint density at radius 1 is 1.33 bits per heavy atom. The summed E-state index contributed by atoms with van der Waals surface area (Å²) in [7, 11) is 0. The minimum Gasteiger partial charge on any atom is -0.351 e. The highest BCUT2D eigenvalue weighted by Gasteiger charge is 2.41. The molecule has 3 rings (SSSR count). The zero-order valence-electron chi connectivity index (χ0n) is 10.6. The fourth-order valence-electron chi connectivity index (χ4n) is 3.38. The van der Waals surface area contributed by atoms with E-state index in [1.807, 2.05) is 0 Å². The molecule has 0 aromatic heterocycles. The highest BCUT2D eigenvalue weighted by molar-refractivity contribution is 5.90. The predicted octanol–water partition coefficient (Wildman–Crippen LogP) is 0.0559. The van der Waals surface area contributed by atoms with Crippen molar-refractivity contribution >= 4 is 11.8 Å². The van der Waals surface area contributed by atoms with Crippen LogP contribution in [0.5, 0.6) is 0 Å². The predicted molar refractivity (Wildman–Crippen MR) is 66.9 cm³/mol. The Morgan fingerprint density at radius 3 is 2.78 bits per heavy atom. The van der Waals surface area contributed by atoms with Gasteiger partial charge in [-0.05, 0) is 45.1 Å². The van der Waals surface area contributed by atoms with Gasteiger partial charge in [-0.3, -0.25) is 9.59 Å². The van der Waals surface area contributed by atoms with Crippen LogP contribution in [0.4, 0.5) is 0 Å². The molecule has 1 spiro atoms. The molecule has 2 heterocycles. The van der Waals surface area contributed by atoms with Crippen LogP contribution in [0.3, 0.4) is 0 Å².